The molecule has 2 aromatic rings. The molecule has 0 aliphatic rings. The molecule has 180 valence electrons. The van der Waals surface area contributed by atoms with Gasteiger partial charge in [-0.25, -0.2) is 8.42 Å². The number of sulfonamides is 1. The van der Waals surface area contributed by atoms with Gasteiger partial charge in [0.15, 0.2) is 0 Å². The third-order valence-electron chi connectivity index (χ3n) is 4.72. The van der Waals surface area contributed by atoms with Crippen LogP contribution in [-0.4, -0.2) is 50.0 Å². The van der Waals surface area contributed by atoms with E-state index in [1.807, 2.05) is 13.8 Å². The summed E-state index contributed by atoms with van der Waals surface area (Å²) in [5.74, 6) is -0.947. The molecule has 1 N–H and O–H groups in total. The maximum Gasteiger partial charge on any atom is 0.244 e. The van der Waals surface area contributed by atoms with Gasteiger partial charge >= 0.3 is 0 Å². The van der Waals surface area contributed by atoms with Crippen LogP contribution in [0.2, 0.25) is 15.1 Å². The van der Waals surface area contributed by atoms with E-state index in [4.69, 9.17) is 34.8 Å². The van der Waals surface area contributed by atoms with Crippen LogP contribution >= 0.6 is 34.8 Å². The Hall–Kier alpha value is -2.00. The maximum absolute atomic E-state index is 13.4. The molecular weight excluding hydrogens is 509 g/mol. The summed E-state index contributed by atoms with van der Waals surface area (Å²) < 4.78 is 26.0. The third kappa shape index (κ3) is 7.78. The summed E-state index contributed by atoms with van der Waals surface area (Å²) in [6, 6.07) is 10.1. The van der Waals surface area contributed by atoms with Gasteiger partial charge in [-0.2, -0.15) is 0 Å². The minimum Gasteiger partial charge on any atom is -0.352 e. The lowest BCUT2D eigenvalue weighted by Crippen LogP contribution is -2.52. The molecule has 0 saturated heterocycles. The van der Waals surface area contributed by atoms with Crippen molar-refractivity contribution in [2.45, 2.75) is 39.4 Å². The van der Waals surface area contributed by atoms with E-state index in [1.54, 1.807) is 31.2 Å². The van der Waals surface area contributed by atoms with Gasteiger partial charge in [0, 0.05) is 22.6 Å². The molecule has 33 heavy (non-hydrogen) atoms. The van der Waals surface area contributed by atoms with Crippen molar-refractivity contribution in [1.29, 1.82) is 0 Å². The molecule has 1 atom stereocenters. The first-order chi connectivity index (χ1) is 15.3. The standard InChI is InChI=1S/C22H26Cl3N3O4S/c1-14(2)26-22(30)15(3)27(12-16-5-7-17(23)8-6-16)21(29)13-28(33(4,31)32)20-11-18(24)9-10-19(20)25/h5-11,14-15H,12-13H2,1-4H3,(H,26,30)/t15-/m0/s1. The number of carbonyl (C=O) groups is 2. The molecule has 2 amide bonds. The molecule has 7 nitrogen and oxygen atoms in total. The summed E-state index contributed by atoms with van der Waals surface area (Å²) in [6.07, 6.45) is 0.968. The summed E-state index contributed by atoms with van der Waals surface area (Å²) in [5.41, 5.74) is 0.800. The number of rotatable bonds is 9. The highest BCUT2D eigenvalue weighted by atomic mass is 35.5. The maximum atomic E-state index is 13.4. The Morgan fingerprint density at radius 2 is 1.55 bits per heavy atom. The second kappa shape index (κ2) is 11.4. The van der Waals surface area contributed by atoms with Gasteiger partial charge in [-0.1, -0.05) is 46.9 Å². The van der Waals surface area contributed by atoms with Crippen LogP contribution in [0.1, 0.15) is 26.3 Å². The Morgan fingerprint density at radius 1 is 0.970 bits per heavy atom. The zero-order chi connectivity index (χ0) is 24.9. The number of nitrogens with one attached hydrogen (secondary N) is 1. The van der Waals surface area contributed by atoms with E-state index in [-0.39, 0.29) is 34.2 Å². The lowest BCUT2D eigenvalue weighted by atomic mass is 10.1. The fourth-order valence-corrected chi connectivity index (χ4v) is 4.46. The van der Waals surface area contributed by atoms with Crippen molar-refractivity contribution in [3.05, 3.63) is 63.1 Å². The Balaban J connectivity index is 2.42. The molecule has 2 aromatic carbocycles. The minimum atomic E-state index is -3.90. The number of benzene rings is 2. The molecule has 0 saturated carbocycles. The predicted octanol–water partition coefficient (Wildman–Crippen LogP) is 4.35. The second-order valence-corrected chi connectivity index (χ2v) is 11.0. The predicted molar refractivity (Wildman–Crippen MR) is 133 cm³/mol. The van der Waals surface area contributed by atoms with Crippen LogP contribution in [0, 0.1) is 0 Å². The van der Waals surface area contributed by atoms with Crippen molar-refractivity contribution in [2.75, 3.05) is 17.1 Å². The van der Waals surface area contributed by atoms with Gasteiger partial charge in [0.05, 0.1) is 17.0 Å². The second-order valence-electron chi connectivity index (χ2n) is 7.85. The smallest absolute Gasteiger partial charge is 0.244 e. The molecular formula is C22H26Cl3N3O4S. The van der Waals surface area contributed by atoms with Crippen molar-refractivity contribution >= 4 is 62.3 Å². The fraction of sp³-hybridized carbons (Fsp3) is 0.364. The van der Waals surface area contributed by atoms with Crippen LogP contribution in [0.3, 0.4) is 0 Å². The van der Waals surface area contributed by atoms with Crippen LogP contribution in [0.25, 0.3) is 0 Å². The normalized spacial score (nSPS) is 12.4. The van der Waals surface area contributed by atoms with Crippen molar-refractivity contribution in [2.24, 2.45) is 0 Å². The van der Waals surface area contributed by atoms with Gasteiger partial charge < -0.3 is 10.2 Å². The summed E-state index contributed by atoms with van der Waals surface area (Å²) >= 11 is 18.2. The highest BCUT2D eigenvalue weighted by Gasteiger charge is 2.31. The van der Waals surface area contributed by atoms with Crippen LogP contribution < -0.4 is 9.62 Å². The van der Waals surface area contributed by atoms with Gasteiger partial charge in [-0.15, -0.1) is 0 Å². The van der Waals surface area contributed by atoms with E-state index in [0.717, 1.165) is 16.1 Å². The highest BCUT2D eigenvalue weighted by molar-refractivity contribution is 7.92. The number of anilines is 1. The fourth-order valence-electron chi connectivity index (χ4n) is 3.05. The zero-order valence-electron chi connectivity index (χ0n) is 18.7. The van der Waals surface area contributed by atoms with Crippen LogP contribution in [0.15, 0.2) is 42.5 Å². The van der Waals surface area contributed by atoms with Crippen molar-refractivity contribution in [3.63, 3.8) is 0 Å². The van der Waals surface area contributed by atoms with E-state index < -0.39 is 28.5 Å². The van der Waals surface area contributed by atoms with Crippen LogP contribution in [0.5, 0.6) is 0 Å². The van der Waals surface area contributed by atoms with Gasteiger partial charge in [0.25, 0.3) is 0 Å². The molecule has 0 unspecified atom stereocenters. The van der Waals surface area contributed by atoms with Crippen molar-refractivity contribution in [3.8, 4) is 0 Å². The number of amides is 2. The monoisotopic (exact) mass is 533 g/mol. The van der Waals surface area contributed by atoms with E-state index in [2.05, 4.69) is 5.32 Å². The summed E-state index contributed by atoms with van der Waals surface area (Å²) in [5, 5.41) is 3.69. The largest absolute Gasteiger partial charge is 0.352 e. The Kier molecular flexibility index (Phi) is 9.43. The van der Waals surface area contributed by atoms with Crippen LogP contribution in [-0.2, 0) is 26.2 Å². The lowest BCUT2D eigenvalue weighted by molar-refractivity contribution is -0.139. The molecule has 2 rings (SSSR count). The zero-order valence-corrected chi connectivity index (χ0v) is 21.8. The first-order valence-corrected chi connectivity index (χ1v) is 13.0. The number of hydrogen-bond acceptors (Lipinski definition) is 4. The van der Waals surface area contributed by atoms with E-state index in [9.17, 15) is 18.0 Å². The molecule has 0 fully saturated rings. The lowest BCUT2D eigenvalue weighted by Gasteiger charge is -2.32. The number of hydrogen-bond donors (Lipinski definition) is 1. The molecule has 0 bridgehead atoms. The minimum absolute atomic E-state index is 0.0730. The van der Waals surface area contributed by atoms with Crippen molar-refractivity contribution < 1.29 is 18.0 Å². The average molecular weight is 535 g/mol. The quantitative estimate of drug-likeness (QED) is 0.518. The number of carbonyl (C=O) groups excluding carboxylic acids is 2. The Bertz CT molecular complexity index is 1110. The molecule has 0 aliphatic heterocycles. The van der Waals surface area contributed by atoms with Gasteiger partial charge in [0.1, 0.15) is 12.6 Å². The van der Waals surface area contributed by atoms with Gasteiger partial charge in [-0.05, 0) is 56.7 Å². The van der Waals surface area contributed by atoms with E-state index in [1.165, 1.54) is 23.1 Å². The first-order valence-electron chi connectivity index (χ1n) is 10.1. The van der Waals surface area contributed by atoms with Gasteiger partial charge in [-0.3, -0.25) is 13.9 Å². The Morgan fingerprint density at radius 3 is 2.09 bits per heavy atom. The van der Waals surface area contributed by atoms with E-state index in [0.29, 0.717) is 5.02 Å². The highest BCUT2D eigenvalue weighted by Crippen LogP contribution is 2.31. The molecule has 0 radical (unpaired) electrons. The van der Waals surface area contributed by atoms with E-state index >= 15 is 0 Å². The summed E-state index contributed by atoms with van der Waals surface area (Å²) in [7, 11) is -3.90. The molecule has 0 aromatic heterocycles. The molecule has 0 spiro atoms. The SMILES string of the molecule is CC(C)NC(=O)[C@H](C)N(Cc1ccc(Cl)cc1)C(=O)CN(c1cc(Cl)ccc1Cl)S(C)(=O)=O. The van der Waals surface area contributed by atoms with Crippen LogP contribution in [0.4, 0.5) is 5.69 Å². The van der Waals surface area contributed by atoms with Gasteiger partial charge in [0.2, 0.25) is 21.8 Å². The summed E-state index contributed by atoms with van der Waals surface area (Å²) in [4.78, 5) is 27.4. The van der Waals surface area contributed by atoms with Crippen molar-refractivity contribution in [1.82, 2.24) is 10.2 Å². The average Bonchev–Trinajstić information content (AvgIpc) is 2.71. The molecule has 0 heterocycles. The third-order valence-corrected chi connectivity index (χ3v) is 6.65. The number of halogens is 3. The number of nitrogens with zero attached hydrogens (tertiary/aromatic N) is 2. The summed E-state index contributed by atoms with van der Waals surface area (Å²) in [6.45, 7) is 4.71. The molecule has 0 aliphatic carbocycles. The Labute approximate surface area is 209 Å². The molecule has 11 heteroatoms. The first kappa shape index (κ1) is 27.2. The topological polar surface area (TPSA) is 86.8 Å².